The fourth-order valence-corrected chi connectivity index (χ4v) is 8.43. The first-order valence-corrected chi connectivity index (χ1v) is 15.2. The first-order chi connectivity index (χ1) is 21.3. The molecular formula is C32H40FN3O9. The predicted molar refractivity (Wildman–Crippen MR) is 155 cm³/mol. The number of hydrogen-bond donors (Lipinski definition) is 5. The molecule has 0 aromatic heterocycles. The Kier molecular flexibility index (Phi) is 9.30. The Morgan fingerprint density at radius 3 is 2.53 bits per heavy atom. The molecule has 5 rings (SSSR count). The van der Waals surface area contributed by atoms with Crippen LogP contribution in [-0.2, 0) is 37.1 Å². The summed E-state index contributed by atoms with van der Waals surface area (Å²) in [5, 5.41) is 33.4. The van der Waals surface area contributed by atoms with Gasteiger partial charge in [0.1, 0.15) is 6.54 Å². The molecule has 3 fully saturated rings. The van der Waals surface area contributed by atoms with Crippen LogP contribution in [0.5, 0.6) is 0 Å². The summed E-state index contributed by atoms with van der Waals surface area (Å²) in [6, 6.07) is 6.87. The largest absolute Gasteiger partial charge is 0.442 e. The number of allylic oxidation sites excluding steroid dienone is 4. The number of ether oxygens (including phenoxy) is 1. The molecule has 12 nitrogen and oxygen atoms in total. The van der Waals surface area contributed by atoms with Gasteiger partial charge in [0.15, 0.2) is 23.8 Å². The molecule has 0 spiro atoms. The molecule has 4 aliphatic carbocycles. The van der Waals surface area contributed by atoms with Crippen LogP contribution in [-0.4, -0.2) is 69.4 Å². The van der Waals surface area contributed by atoms with Crippen LogP contribution in [0.3, 0.4) is 0 Å². The molecule has 0 bridgehead atoms. The molecule has 0 aliphatic heterocycles. The van der Waals surface area contributed by atoms with Crippen molar-refractivity contribution < 1.29 is 48.7 Å². The normalized spacial score (nSPS) is 33.5. The van der Waals surface area contributed by atoms with Gasteiger partial charge in [-0.15, -0.1) is 0 Å². The van der Waals surface area contributed by atoms with Crippen molar-refractivity contribution in [3.8, 4) is 0 Å². The van der Waals surface area contributed by atoms with Gasteiger partial charge in [-0.2, -0.15) is 0 Å². The summed E-state index contributed by atoms with van der Waals surface area (Å²) in [7, 11) is 0. The summed E-state index contributed by atoms with van der Waals surface area (Å²) in [5.41, 5.74) is -1.79. The van der Waals surface area contributed by atoms with Gasteiger partial charge < -0.3 is 20.5 Å². The van der Waals surface area contributed by atoms with Gasteiger partial charge in [0.25, 0.3) is 0 Å². The van der Waals surface area contributed by atoms with Crippen molar-refractivity contribution in [1.82, 2.24) is 16.0 Å². The number of carbonyl (C=O) groups is 4. The standard InChI is InChI=1S/C32H40FN3O9/c1-30-14-27(39)32(33)24(8-7-21-13-22(37)11-12-31(21,32)2)23(30)9-10-25(30)26(38)18-44-29(41)35-16-28(40)34-15-19-5-3-4-6-20(19)17-45-36(42)43/h3-6,11-13,23-25,27,39,42-43H,7-10,14-18H2,1-2H3,(H,34,40)(H,35,41)/t23?,24-,25?,27-,30-,31-,32?/m0/s1. The highest BCUT2D eigenvalue weighted by molar-refractivity contribution is 6.01. The van der Waals surface area contributed by atoms with E-state index in [-0.39, 0.29) is 37.1 Å². The number of aliphatic hydroxyl groups excluding tert-OH is 1. The molecule has 7 atom stereocenters. The molecule has 244 valence electrons. The number of nitrogens with zero attached hydrogens (tertiary/aromatic N) is 1. The van der Waals surface area contributed by atoms with E-state index < -0.39 is 65.0 Å². The molecule has 1 aromatic rings. The van der Waals surface area contributed by atoms with Gasteiger partial charge in [0, 0.05) is 23.8 Å². The van der Waals surface area contributed by atoms with Crippen LogP contribution in [0, 0.1) is 28.6 Å². The van der Waals surface area contributed by atoms with E-state index in [1.165, 1.54) is 12.2 Å². The molecule has 0 saturated heterocycles. The molecule has 45 heavy (non-hydrogen) atoms. The Bertz CT molecular complexity index is 1420. The van der Waals surface area contributed by atoms with Crippen molar-refractivity contribution in [2.75, 3.05) is 13.2 Å². The highest BCUT2D eigenvalue weighted by atomic mass is 19.1. The lowest BCUT2D eigenvalue weighted by Crippen LogP contribution is -2.66. The minimum absolute atomic E-state index is 0.0750. The van der Waals surface area contributed by atoms with Crippen molar-refractivity contribution in [3.63, 3.8) is 0 Å². The Morgan fingerprint density at radius 2 is 1.80 bits per heavy atom. The number of Topliss-reactive ketones (excluding diaryl/α,β-unsaturated/α-hetero) is 1. The van der Waals surface area contributed by atoms with E-state index in [1.54, 1.807) is 37.3 Å². The van der Waals surface area contributed by atoms with Gasteiger partial charge in [-0.25, -0.2) is 14.0 Å². The molecule has 0 radical (unpaired) electrons. The van der Waals surface area contributed by atoms with Gasteiger partial charge in [-0.1, -0.05) is 42.8 Å². The van der Waals surface area contributed by atoms with Crippen molar-refractivity contribution >= 4 is 23.6 Å². The van der Waals surface area contributed by atoms with Crippen molar-refractivity contribution in [2.24, 2.45) is 28.6 Å². The van der Waals surface area contributed by atoms with Gasteiger partial charge in [-0.3, -0.25) is 24.8 Å². The van der Waals surface area contributed by atoms with Crippen LogP contribution < -0.4 is 10.6 Å². The molecule has 0 heterocycles. The first kappa shape index (κ1) is 32.9. The number of hydrogen-bond acceptors (Lipinski definition) is 10. The number of benzene rings is 1. The van der Waals surface area contributed by atoms with Gasteiger partial charge in [-0.05, 0) is 73.6 Å². The summed E-state index contributed by atoms with van der Waals surface area (Å²) in [5.74, 6) is -2.20. The number of amides is 2. The maximum absolute atomic E-state index is 17.2. The molecule has 3 saturated carbocycles. The molecule has 2 amide bonds. The molecular weight excluding hydrogens is 589 g/mol. The lowest BCUT2D eigenvalue weighted by Gasteiger charge is -2.62. The SMILES string of the molecule is C[C@]12C[C@H](O)C3(F)[C@@H](CCC4=CC(=O)C=C[C@@]43C)C1CCC2C(=O)COC(=O)NCC(=O)NCc1ccccc1CON(O)O. The van der Waals surface area contributed by atoms with E-state index in [1.807, 2.05) is 6.92 Å². The first-order valence-electron chi connectivity index (χ1n) is 15.2. The van der Waals surface area contributed by atoms with Crippen LogP contribution in [0.2, 0.25) is 0 Å². The lowest BCUT2D eigenvalue weighted by atomic mass is 9.45. The summed E-state index contributed by atoms with van der Waals surface area (Å²) in [6.45, 7) is 2.69. The van der Waals surface area contributed by atoms with Crippen molar-refractivity contribution in [1.29, 1.82) is 0 Å². The highest BCUT2D eigenvalue weighted by Crippen LogP contribution is 2.68. The summed E-state index contributed by atoms with van der Waals surface area (Å²) in [4.78, 5) is 54.6. The fraction of sp³-hybridized carbons (Fsp3) is 0.562. The van der Waals surface area contributed by atoms with E-state index in [2.05, 4.69) is 15.5 Å². The highest BCUT2D eigenvalue weighted by Gasteiger charge is 2.70. The zero-order valence-electron chi connectivity index (χ0n) is 25.3. The molecule has 13 heteroatoms. The molecule has 3 unspecified atom stereocenters. The second kappa shape index (κ2) is 12.7. The van der Waals surface area contributed by atoms with E-state index in [0.717, 1.165) is 0 Å². The maximum Gasteiger partial charge on any atom is 0.408 e. The van der Waals surface area contributed by atoms with Gasteiger partial charge in [0.2, 0.25) is 5.91 Å². The zero-order valence-corrected chi connectivity index (χ0v) is 25.3. The number of nitrogens with one attached hydrogen (secondary N) is 2. The number of alkyl carbamates (subject to hydrolysis) is 1. The quantitative estimate of drug-likeness (QED) is 0.242. The van der Waals surface area contributed by atoms with E-state index in [4.69, 9.17) is 15.2 Å². The lowest BCUT2D eigenvalue weighted by molar-refractivity contribution is -0.497. The average Bonchev–Trinajstić information content (AvgIpc) is 3.34. The minimum Gasteiger partial charge on any atom is -0.442 e. The Morgan fingerprint density at radius 1 is 1.07 bits per heavy atom. The number of rotatable bonds is 10. The Balaban J connectivity index is 1.13. The predicted octanol–water partition coefficient (Wildman–Crippen LogP) is 3.10. The number of fused-ring (bicyclic) bond motifs is 5. The third-order valence-corrected chi connectivity index (χ3v) is 10.7. The summed E-state index contributed by atoms with van der Waals surface area (Å²) in [6.07, 6.45) is 4.37. The topological polar surface area (TPSA) is 175 Å². The van der Waals surface area contributed by atoms with Crippen LogP contribution >= 0.6 is 0 Å². The molecule has 5 N–H and O–H groups in total. The van der Waals surface area contributed by atoms with E-state index >= 15 is 4.39 Å². The Hall–Kier alpha value is -3.49. The minimum atomic E-state index is -1.97. The summed E-state index contributed by atoms with van der Waals surface area (Å²) >= 11 is 0. The molecule has 1 aromatic carbocycles. The van der Waals surface area contributed by atoms with Gasteiger partial charge in [0.05, 0.1) is 18.1 Å². The van der Waals surface area contributed by atoms with Crippen LogP contribution in [0.1, 0.15) is 57.1 Å². The number of ketones is 2. The maximum atomic E-state index is 17.2. The number of halogens is 1. The smallest absolute Gasteiger partial charge is 0.408 e. The average molecular weight is 630 g/mol. The van der Waals surface area contributed by atoms with Crippen LogP contribution in [0.4, 0.5) is 9.18 Å². The second-order valence-corrected chi connectivity index (χ2v) is 13.0. The monoisotopic (exact) mass is 629 g/mol. The number of alkyl halides is 1. The van der Waals surface area contributed by atoms with E-state index in [9.17, 15) is 24.3 Å². The van der Waals surface area contributed by atoms with Gasteiger partial charge >= 0.3 is 6.09 Å². The third kappa shape index (κ3) is 6.07. The third-order valence-electron chi connectivity index (χ3n) is 10.7. The second-order valence-electron chi connectivity index (χ2n) is 13.0. The zero-order chi connectivity index (χ0) is 32.6. The Labute approximate surface area is 260 Å². The van der Waals surface area contributed by atoms with Crippen molar-refractivity contribution in [2.45, 2.75) is 70.9 Å². The van der Waals surface area contributed by atoms with Crippen molar-refractivity contribution in [3.05, 3.63) is 59.2 Å². The fourth-order valence-electron chi connectivity index (χ4n) is 8.43. The van der Waals surface area contributed by atoms with Crippen LogP contribution in [0.25, 0.3) is 0 Å². The van der Waals surface area contributed by atoms with Crippen LogP contribution in [0.15, 0.2) is 48.1 Å². The molecule has 4 aliphatic rings. The van der Waals surface area contributed by atoms with E-state index in [0.29, 0.717) is 42.4 Å². The number of carbonyl (C=O) groups excluding carboxylic acids is 4. The summed E-state index contributed by atoms with van der Waals surface area (Å²) < 4.78 is 22.3. The number of aliphatic hydroxyl groups is 1.